The Morgan fingerprint density at radius 3 is 2.77 bits per heavy atom. The molecule has 1 aromatic rings. The van der Waals surface area contributed by atoms with E-state index < -0.39 is 0 Å². The van der Waals surface area contributed by atoms with Crippen molar-refractivity contribution in [1.82, 2.24) is 14.8 Å². The Hall–Kier alpha value is -1.39. The molecule has 0 saturated heterocycles. The Balaban J connectivity index is 2.11. The highest BCUT2D eigenvalue weighted by molar-refractivity contribution is 5.69. The van der Waals surface area contributed by atoms with Crippen LogP contribution < -0.4 is 0 Å². The molecule has 0 amide bonds. The molecule has 1 rings (SSSR count). The van der Waals surface area contributed by atoms with Gasteiger partial charge in [-0.3, -0.25) is 4.79 Å². The molecule has 0 atom stereocenters. The molecule has 1 heterocycles. The average Bonchev–Trinajstić information content (AvgIpc) is 2.57. The Labute approximate surface area is 76.7 Å². The fraction of sp³-hybridized carbons (Fsp3) is 0.625. The number of carbonyl (C=O) groups excluding carboxylic acids is 1. The van der Waals surface area contributed by atoms with E-state index in [0.717, 1.165) is 13.0 Å². The van der Waals surface area contributed by atoms with Crippen LogP contribution in [0.4, 0.5) is 0 Å². The summed E-state index contributed by atoms with van der Waals surface area (Å²) in [6.45, 7) is 3.01. The van der Waals surface area contributed by atoms with Gasteiger partial charge in [-0.05, 0) is 13.3 Å². The van der Waals surface area contributed by atoms with Crippen molar-refractivity contribution in [2.24, 2.45) is 0 Å². The summed E-state index contributed by atoms with van der Waals surface area (Å²) < 4.78 is 6.61. The molecule has 0 unspecified atom stereocenters. The summed E-state index contributed by atoms with van der Waals surface area (Å²) in [7, 11) is 0. The molecule has 5 heteroatoms. The number of aryl methyl sites for hydroxylation is 1. The average molecular weight is 183 g/mol. The predicted octanol–water partition coefficient (Wildman–Crippen LogP) is 0.621. The summed E-state index contributed by atoms with van der Waals surface area (Å²) in [4.78, 5) is 10.9. The summed E-state index contributed by atoms with van der Waals surface area (Å²) in [5, 5.41) is 7.31. The first-order valence-electron chi connectivity index (χ1n) is 4.31. The molecule has 0 saturated carbocycles. The minimum Gasteiger partial charge on any atom is -0.466 e. The van der Waals surface area contributed by atoms with Crippen LogP contribution in [0.2, 0.25) is 0 Å². The molecule has 13 heavy (non-hydrogen) atoms. The summed E-state index contributed by atoms with van der Waals surface area (Å²) in [5.74, 6) is -0.143. The van der Waals surface area contributed by atoms with Gasteiger partial charge >= 0.3 is 5.97 Å². The van der Waals surface area contributed by atoms with Crippen LogP contribution in [0.5, 0.6) is 0 Å². The maximum absolute atomic E-state index is 10.9. The lowest BCUT2D eigenvalue weighted by Gasteiger charge is -2.01. The minimum absolute atomic E-state index is 0.143. The van der Waals surface area contributed by atoms with Crippen molar-refractivity contribution in [3.05, 3.63) is 12.7 Å². The van der Waals surface area contributed by atoms with Gasteiger partial charge in [-0.1, -0.05) is 0 Å². The molecule has 1 aromatic heterocycles. The molecule has 0 aliphatic heterocycles. The fourth-order valence-electron chi connectivity index (χ4n) is 0.977. The van der Waals surface area contributed by atoms with Crippen LogP contribution >= 0.6 is 0 Å². The van der Waals surface area contributed by atoms with Crippen molar-refractivity contribution in [1.29, 1.82) is 0 Å². The number of carbonyl (C=O) groups is 1. The third-order valence-corrected chi connectivity index (χ3v) is 1.57. The Morgan fingerprint density at radius 1 is 1.46 bits per heavy atom. The molecule has 72 valence electrons. The highest BCUT2D eigenvalue weighted by atomic mass is 16.5. The van der Waals surface area contributed by atoms with Gasteiger partial charge in [-0.25, -0.2) is 0 Å². The molecular formula is C8H13N3O2. The predicted molar refractivity (Wildman–Crippen MR) is 45.9 cm³/mol. The second kappa shape index (κ2) is 5.29. The van der Waals surface area contributed by atoms with Crippen LogP contribution in [0.3, 0.4) is 0 Å². The highest BCUT2D eigenvalue weighted by Crippen LogP contribution is 1.96. The van der Waals surface area contributed by atoms with Crippen molar-refractivity contribution in [2.75, 3.05) is 6.61 Å². The van der Waals surface area contributed by atoms with Gasteiger partial charge in [0.1, 0.15) is 12.7 Å². The Morgan fingerprint density at radius 2 is 2.15 bits per heavy atom. The molecule has 0 spiro atoms. The van der Waals surface area contributed by atoms with E-state index in [4.69, 9.17) is 4.74 Å². The van der Waals surface area contributed by atoms with Gasteiger partial charge in [0.05, 0.1) is 6.61 Å². The van der Waals surface area contributed by atoms with Crippen molar-refractivity contribution < 1.29 is 9.53 Å². The van der Waals surface area contributed by atoms with Gasteiger partial charge in [0.2, 0.25) is 0 Å². The summed E-state index contributed by atoms with van der Waals surface area (Å²) >= 11 is 0. The zero-order chi connectivity index (χ0) is 9.52. The van der Waals surface area contributed by atoms with Gasteiger partial charge < -0.3 is 9.30 Å². The number of aromatic nitrogens is 3. The number of rotatable bonds is 5. The molecule has 0 aliphatic rings. The van der Waals surface area contributed by atoms with Crippen molar-refractivity contribution in [3.8, 4) is 0 Å². The molecule has 0 fully saturated rings. The zero-order valence-corrected chi connectivity index (χ0v) is 7.64. The second-order valence-corrected chi connectivity index (χ2v) is 2.61. The van der Waals surface area contributed by atoms with E-state index in [1.165, 1.54) is 0 Å². The van der Waals surface area contributed by atoms with E-state index in [-0.39, 0.29) is 5.97 Å². The second-order valence-electron chi connectivity index (χ2n) is 2.61. The number of esters is 1. The van der Waals surface area contributed by atoms with Gasteiger partial charge in [-0.2, -0.15) is 0 Å². The largest absolute Gasteiger partial charge is 0.466 e. The quantitative estimate of drug-likeness (QED) is 0.628. The SMILES string of the molecule is CCOC(=O)CCCn1cnnc1. The van der Waals surface area contributed by atoms with E-state index >= 15 is 0 Å². The molecular weight excluding hydrogens is 170 g/mol. The standard InChI is InChI=1S/C8H13N3O2/c1-2-13-8(12)4-3-5-11-6-9-10-7-11/h6-7H,2-5H2,1H3. The third kappa shape index (κ3) is 3.68. The lowest BCUT2D eigenvalue weighted by molar-refractivity contribution is -0.143. The van der Waals surface area contributed by atoms with Gasteiger partial charge in [0.25, 0.3) is 0 Å². The van der Waals surface area contributed by atoms with Crippen LogP contribution in [-0.2, 0) is 16.1 Å². The number of ether oxygens (including phenoxy) is 1. The minimum atomic E-state index is -0.143. The van der Waals surface area contributed by atoms with Crippen LogP contribution in [0.1, 0.15) is 19.8 Å². The molecule has 0 radical (unpaired) electrons. The summed E-state index contributed by atoms with van der Waals surface area (Å²) in [6.07, 6.45) is 4.47. The van der Waals surface area contributed by atoms with E-state index in [1.807, 2.05) is 4.57 Å². The maximum Gasteiger partial charge on any atom is 0.305 e. The van der Waals surface area contributed by atoms with Crippen LogP contribution in [0, 0.1) is 0 Å². The zero-order valence-electron chi connectivity index (χ0n) is 7.64. The van der Waals surface area contributed by atoms with E-state index in [9.17, 15) is 4.79 Å². The van der Waals surface area contributed by atoms with Gasteiger partial charge in [-0.15, -0.1) is 10.2 Å². The van der Waals surface area contributed by atoms with E-state index in [2.05, 4.69) is 10.2 Å². The normalized spacial score (nSPS) is 9.92. The van der Waals surface area contributed by atoms with Gasteiger partial charge in [0, 0.05) is 13.0 Å². The van der Waals surface area contributed by atoms with E-state index in [1.54, 1.807) is 19.6 Å². The number of hydrogen-bond donors (Lipinski definition) is 0. The lowest BCUT2D eigenvalue weighted by atomic mass is 10.3. The van der Waals surface area contributed by atoms with Gasteiger partial charge in [0.15, 0.2) is 0 Å². The molecule has 0 bridgehead atoms. The number of nitrogens with zero attached hydrogens (tertiary/aromatic N) is 3. The monoisotopic (exact) mass is 183 g/mol. The Bertz CT molecular complexity index is 246. The summed E-state index contributed by atoms with van der Waals surface area (Å²) in [5.41, 5.74) is 0. The number of hydrogen-bond acceptors (Lipinski definition) is 4. The first kappa shape index (κ1) is 9.70. The Kier molecular flexibility index (Phi) is 3.95. The smallest absolute Gasteiger partial charge is 0.305 e. The molecule has 0 aliphatic carbocycles. The topological polar surface area (TPSA) is 57.0 Å². The fourth-order valence-corrected chi connectivity index (χ4v) is 0.977. The van der Waals surface area contributed by atoms with Crippen LogP contribution in [0.25, 0.3) is 0 Å². The van der Waals surface area contributed by atoms with Crippen molar-refractivity contribution >= 4 is 5.97 Å². The first-order valence-corrected chi connectivity index (χ1v) is 4.31. The van der Waals surface area contributed by atoms with Crippen LogP contribution in [0.15, 0.2) is 12.7 Å². The van der Waals surface area contributed by atoms with Crippen LogP contribution in [-0.4, -0.2) is 27.3 Å². The first-order chi connectivity index (χ1) is 6.33. The van der Waals surface area contributed by atoms with E-state index in [0.29, 0.717) is 13.0 Å². The molecule has 0 N–H and O–H groups in total. The lowest BCUT2D eigenvalue weighted by Crippen LogP contribution is -2.05. The molecule has 0 aromatic carbocycles. The summed E-state index contributed by atoms with van der Waals surface area (Å²) in [6, 6.07) is 0. The molecule has 5 nitrogen and oxygen atoms in total. The third-order valence-electron chi connectivity index (χ3n) is 1.57. The maximum atomic E-state index is 10.9. The van der Waals surface area contributed by atoms with Crippen molar-refractivity contribution in [2.45, 2.75) is 26.3 Å². The van der Waals surface area contributed by atoms with Crippen molar-refractivity contribution in [3.63, 3.8) is 0 Å². The highest BCUT2D eigenvalue weighted by Gasteiger charge is 2.00.